The average molecular weight is 255 g/mol. The Bertz CT molecular complexity index is 429. The number of halogens is 2. The third kappa shape index (κ3) is 3.34. The molecule has 2 rings (SSSR count). The van der Waals surface area contributed by atoms with E-state index in [1.54, 1.807) is 0 Å². The van der Waals surface area contributed by atoms with Crippen LogP contribution in [0.2, 0.25) is 0 Å². The highest BCUT2D eigenvalue weighted by atomic mass is 19.1. The molecule has 0 amide bonds. The summed E-state index contributed by atoms with van der Waals surface area (Å²) in [6.45, 7) is 2.84. The Morgan fingerprint density at radius 3 is 2.89 bits per heavy atom. The lowest BCUT2D eigenvalue weighted by Gasteiger charge is -2.17. The summed E-state index contributed by atoms with van der Waals surface area (Å²) in [5.41, 5.74) is -0.0541. The Balaban J connectivity index is 2.02. The number of carbonyl (C=O) groups excluding carboxylic acids is 1. The SMILES string of the molecule is O=C(CN1CCCOCC1)c1ccc(F)cc1F. The number of carbonyl (C=O) groups is 1. The Morgan fingerprint density at radius 1 is 1.28 bits per heavy atom. The number of ether oxygens (including phenoxy) is 1. The molecule has 1 aliphatic rings. The molecule has 1 aromatic rings. The van der Waals surface area contributed by atoms with Crippen LogP contribution < -0.4 is 0 Å². The van der Waals surface area contributed by atoms with E-state index in [1.807, 2.05) is 4.90 Å². The minimum atomic E-state index is -0.800. The van der Waals surface area contributed by atoms with Gasteiger partial charge in [-0.25, -0.2) is 8.78 Å². The Labute approximate surface area is 104 Å². The van der Waals surface area contributed by atoms with Crippen LogP contribution in [-0.2, 0) is 4.74 Å². The van der Waals surface area contributed by atoms with E-state index in [0.29, 0.717) is 19.8 Å². The van der Waals surface area contributed by atoms with Crippen molar-refractivity contribution in [3.63, 3.8) is 0 Å². The molecule has 0 aliphatic carbocycles. The smallest absolute Gasteiger partial charge is 0.179 e. The van der Waals surface area contributed by atoms with Crippen LogP contribution in [0.15, 0.2) is 18.2 Å². The quantitative estimate of drug-likeness (QED) is 0.772. The maximum absolute atomic E-state index is 13.4. The largest absolute Gasteiger partial charge is 0.380 e. The normalized spacial score (nSPS) is 17.4. The summed E-state index contributed by atoms with van der Waals surface area (Å²) >= 11 is 0. The van der Waals surface area contributed by atoms with Crippen LogP contribution in [0.3, 0.4) is 0 Å². The number of ketones is 1. The third-order valence-corrected chi connectivity index (χ3v) is 2.91. The van der Waals surface area contributed by atoms with Gasteiger partial charge >= 0.3 is 0 Å². The molecule has 0 N–H and O–H groups in total. The lowest BCUT2D eigenvalue weighted by molar-refractivity contribution is 0.0918. The van der Waals surface area contributed by atoms with Crippen molar-refractivity contribution in [3.05, 3.63) is 35.4 Å². The molecule has 3 nitrogen and oxygen atoms in total. The maximum Gasteiger partial charge on any atom is 0.179 e. The van der Waals surface area contributed by atoms with Crippen molar-refractivity contribution in [2.45, 2.75) is 6.42 Å². The van der Waals surface area contributed by atoms with Gasteiger partial charge in [0.05, 0.1) is 18.7 Å². The molecule has 1 saturated heterocycles. The highest BCUT2D eigenvalue weighted by Gasteiger charge is 2.17. The van der Waals surface area contributed by atoms with Gasteiger partial charge in [-0.05, 0) is 18.6 Å². The van der Waals surface area contributed by atoms with E-state index in [1.165, 1.54) is 6.07 Å². The van der Waals surface area contributed by atoms with Crippen molar-refractivity contribution < 1.29 is 18.3 Å². The highest BCUT2D eigenvalue weighted by Crippen LogP contribution is 2.11. The number of hydrogen-bond acceptors (Lipinski definition) is 3. The lowest BCUT2D eigenvalue weighted by atomic mass is 10.1. The summed E-state index contributed by atoms with van der Waals surface area (Å²) in [4.78, 5) is 13.8. The Morgan fingerprint density at radius 2 is 2.11 bits per heavy atom. The summed E-state index contributed by atoms with van der Waals surface area (Å²) in [7, 11) is 0. The minimum Gasteiger partial charge on any atom is -0.380 e. The Kier molecular flexibility index (Phi) is 4.38. The van der Waals surface area contributed by atoms with E-state index in [9.17, 15) is 13.6 Å². The molecule has 0 aromatic heterocycles. The molecule has 0 unspecified atom stereocenters. The fraction of sp³-hybridized carbons (Fsp3) is 0.462. The molecule has 0 atom stereocenters. The molecule has 1 aliphatic heterocycles. The fourth-order valence-electron chi connectivity index (χ4n) is 1.96. The Hall–Kier alpha value is -1.33. The molecule has 0 bridgehead atoms. The summed E-state index contributed by atoms with van der Waals surface area (Å²) in [5, 5.41) is 0. The summed E-state index contributed by atoms with van der Waals surface area (Å²) in [6, 6.07) is 3.03. The minimum absolute atomic E-state index is 0.0541. The number of hydrogen-bond donors (Lipinski definition) is 0. The molecule has 1 aromatic carbocycles. The summed E-state index contributed by atoms with van der Waals surface area (Å²) in [6.07, 6.45) is 0.860. The molecular weight excluding hydrogens is 240 g/mol. The zero-order valence-electron chi connectivity index (χ0n) is 9.99. The molecular formula is C13H15F2NO2. The molecule has 1 heterocycles. The van der Waals surface area contributed by atoms with Crippen molar-refractivity contribution in [2.24, 2.45) is 0 Å². The first kappa shape index (κ1) is 13.1. The van der Waals surface area contributed by atoms with Crippen LogP contribution in [0.25, 0.3) is 0 Å². The van der Waals surface area contributed by atoms with E-state index in [2.05, 4.69) is 0 Å². The van der Waals surface area contributed by atoms with Gasteiger partial charge in [0.25, 0.3) is 0 Å². The molecule has 0 radical (unpaired) electrons. The standard InChI is InChI=1S/C13H15F2NO2/c14-10-2-3-11(12(15)8-10)13(17)9-16-4-1-6-18-7-5-16/h2-3,8H,1,4-7,9H2. The van der Waals surface area contributed by atoms with Crippen molar-refractivity contribution in [2.75, 3.05) is 32.8 Å². The zero-order chi connectivity index (χ0) is 13.0. The van der Waals surface area contributed by atoms with E-state index in [4.69, 9.17) is 4.74 Å². The van der Waals surface area contributed by atoms with Crippen LogP contribution in [0.1, 0.15) is 16.8 Å². The van der Waals surface area contributed by atoms with E-state index < -0.39 is 11.6 Å². The first-order chi connectivity index (χ1) is 8.66. The van der Waals surface area contributed by atoms with Gasteiger partial charge in [-0.15, -0.1) is 0 Å². The van der Waals surface area contributed by atoms with Crippen LogP contribution in [0.4, 0.5) is 8.78 Å². The summed E-state index contributed by atoms with van der Waals surface area (Å²) in [5.74, 6) is -1.80. The van der Waals surface area contributed by atoms with Crippen LogP contribution >= 0.6 is 0 Å². The van der Waals surface area contributed by atoms with E-state index in [0.717, 1.165) is 25.1 Å². The predicted octanol–water partition coefficient (Wildman–Crippen LogP) is 1.87. The van der Waals surface area contributed by atoms with Gasteiger partial charge < -0.3 is 4.74 Å². The molecule has 1 fully saturated rings. The second-order valence-corrected chi connectivity index (χ2v) is 4.29. The van der Waals surface area contributed by atoms with Gasteiger partial charge in [0.1, 0.15) is 11.6 Å². The summed E-state index contributed by atoms with van der Waals surface area (Å²) < 4.78 is 31.5. The van der Waals surface area contributed by atoms with Gasteiger partial charge in [-0.3, -0.25) is 9.69 Å². The van der Waals surface area contributed by atoms with Crippen molar-refractivity contribution in [3.8, 4) is 0 Å². The second-order valence-electron chi connectivity index (χ2n) is 4.29. The lowest BCUT2D eigenvalue weighted by Crippen LogP contribution is -2.32. The third-order valence-electron chi connectivity index (χ3n) is 2.91. The van der Waals surface area contributed by atoms with Crippen molar-refractivity contribution in [1.29, 1.82) is 0 Å². The highest BCUT2D eigenvalue weighted by molar-refractivity contribution is 5.97. The van der Waals surface area contributed by atoms with E-state index in [-0.39, 0.29) is 17.9 Å². The van der Waals surface area contributed by atoms with Gasteiger partial charge in [-0.2, -0.15) is 0 Å². The van der Waals surface area contributed by atoms with Crippen molar-refractivity contribution >= 4 is 5.78 Å². The van der Waals surface area contributed by atoms with Crippen LogP contribution in [0, 0.1) is 11.6 Å². The van der Waals surface area contributed by atoms with Crippen LogP contribution in [-0.4, -0.2) is 43.5 Å². The molecule has 0 spiro atoms. The van der Waals surface area contributed by atoms with Gasteiger partial charge in [0.15, 0.2) is 5.78 Å². The van der Waals surface area contributed by atoms with Crippen molar-refractivity contribution in [1.82, 2.24) is 4.90 Å². The van der Waals surface area contributed by atoms with Gasteiger partial charge in [0.2, 0.25) is 0 Å². The molecule has 5 heteroatoms. The number of Topliss-reactive ketones (excluding diaryl/α,β-unsaturated/α-hetero) is 1. The topological polar surface area (TPSA) is 29.5 Å². The molecule has 98 valence electrons. The van der Waals surface area contributed by atoms with Gasteiger partial charge in [-0.1, -0.05) is 0 Å². The number of nitrogens with zero attached hydrogens (tertiary/aromatic N) is 1. The molecule has 0 saturated carbocycles. The monoisotopic (exact) mass is 255 g/mol. The van der Waals surface area contributed by atoms with Crippen LogP contribution in [0.5, 0.6) is 0 Å². The number of rotatable bonds is 3. The second kappa shape index (κ2) is 6.02. The van der Waals surface area contributed by atoms with Gasteiger partial charge in [0, 0.05) is 25.8 Å². The predicted molar refractivity (Wildman–Crippen MR) is 62.6 cm³/mol. The van der Waals surface area contributed by atoms with E-state index >= 15 is 0 Å². The maximum atomic E-state index is 13.4. The zero-order valence-corrected chi connectivity index (χ0v) is 9.99. The molecule has 18 heavy (non-hydrogen) atoms. The number of benzene rings is 1. The fourth-order valence-corrected chi connectivity index (χ4v) is 1.96. The first-order valence-corrected chi connectivity index (χ1v) is 5.95. The first-order valence-electron chi connectivity index (χ1n) is 5.95. The average Bonchev–Trinajstić information content (AvgIpc) is 2.57.